The first-order valence-electron chi connectivity index (χ1n) is 8.37. The molecule has 0 saturated carbocycles. The monoisotopic (exact) mass is 358 g/mol. The summed E-state index contributed by atoms with van der Waals surface area (Å²) in [5.41, 5.74) is 5.79. The largest absolute Gasteiger partial charge is 0.480 e. The molecule has 0 aromatic heterocycles. The molecule has 0 fully saturated rings. The first-order valence-corrected chi connectivity index (χ1v) is 8.37. The minimum atomic E-state index is -1.14. The Morgan fingerprint density at radius 3 is 2.00 bits per heavy atom. The predicted molar refractivity (Wildman–Crippen MR) is 92.4 cm³/mol. The zero-order valence-corrected chi connectivity index (χ0v) is 15.5. The van der Waals surface area contributed by atoms with Crippen molar-refractivity contribution in [2.75, 3.05) is 6.54 Å². The van der Waals surface area contributed by atoms with Crippen molar-refractivity contribution >= 4 is 23.7 Å². The van der Waals surface area contributed by atoms with E-state index in [1.54, 1.807) is 13.8 Å². The Hall–Kier alpha value is -2.16. The summed E-state index contributed by atoms with van der Waals surface area (Å²) in [6, 6.07) is -2.61. The number of carbonyl (C=O) groups excluding carboxylic acids is 3. The maximum atomic E-state index is 11.9. The van der Waals surface area contributed by atoms with E-state index in [0.29, 0.717) is 0 Å². The van der Waals surface area contributed by atoms with Gasteiger partial charge in [-0.25, -0.2) is 4.79 Å². The number of carboxylic acid groups (broad SMARTS) is 1. The Morgan fingerprint density at radius 2 is 1.56 bits per heavy atom. The lowest BCUT2D eigenvalue weighted by Gasteiger charge is -2.21. The molecule has 0 bridgehead atoms. The number of amides is 3. The fourth-order valence-electron chi connectivity index (χ4n) is 1.95. The van der Waals surface area contributed by atoms with Crippen LogP contribution in [-0.4, -0.2) is 53.5 Å². The number of hydrogen-bond acceptors (Lipinski definition) is 5. The third-order valence-electron chi connectivity index (χ3n) is 3.98. The Balaban J connectivity index is 4.43. The molecule has 0 heterocycles. The Bertz CT molecular complexity index is 495. The molecule has 0 rings (SSSR count). The van der Waals surface area contributed by atoms with Crippen molar-refractivity contribution in [1.82, 2.24) is 16.0 Å². The second-order valence-electron chi connectivity index (χ2n) is 6.49. The number of nitrogens with two attached hydrogens (primary N) is 1. The molecular weight excluding hydrogens is 328 g/mol. The summed E-state index contributed by atoms with van der Waals surface area (Å²) in [5.74, 6) is -3.08. The quantitative estimate of drug-likeness (QED) is 0.345. The highest BCUT2D eigenvalue weighted by atomic mass is 16.4. The van der Waals surface area contributed by atoms with E-state index in [-0.39, 0.29) is 18.4 Å². The van der Waals surface area contributed by atoms with Crippen LogP contribution in [-0.2, 0) is 19.2 Å². The van der Waals surface area contributed by atoms with Crippen LogP contribution in [0.15, 0.2) is 0 Å². The minimum Gasteiger partial charge on any atom is -0.480 e. The molecule has 0 aromatic rings. The second-order valence-corrected chi connectivity index (χ2v) is 6.49. The normalized spacial score (nSPS) is 15.6. The van der Waals surface area contributed by atoms with Crippen LogP contribution >= 0.6 is 0 Å². The fourth-order valence-corrected chi connectivity index (χ4v) is 1.95. The molecule has 0 spiro atoms. The van der Waals surface area contributed by atoms with E-state index in [1.807, 2.05) is 13.8 Å². The van der Waals surface area contributed by atoms with E-state index < -0.39 is 41.8 Å². The molecule has 0 radical (unpaired) electrons. The molecule has 0 aliphatic heterocycles. The van der Waals surface area contributed by atoms with Gasteiger partial charge in [-0.1, -0.05) is 34.1 Å². The van der Waals surface area contributed by atoms with Gasteiger partial charge in [0.05, 0.1) is 12.6 Å². The van der Waals surface area contributed by atoms with E-state index in [2.05, 4.69) is 16.0 Å². The summed E-state index contributed by atoms with van der Waals surface area (Å²) < 4.78 is 0. The van der Waals surface area contributed by atoms with Gasteiger partial charge in [-0.05, 0) is 18.8 Å². The van der Waals surface area contributed by atoms with Gasteiger partial charge >= 0.3 is 5.97 Å². The van der Waals surface area contributed by atoms with Crippen molar-refractivity contribution in [2.24, 2.45) is 17.6 Å². The van der Waals surface area contributed by atoms with Crippen molar-refractivity contribution < 1.29 is 24.3 Å². The molecule has 0 aliphatic carbocycles. The van der Waals surface area contributed by atoms with Gasteiger partial charge in [0.1, 0.15) is 12.1 Å². The van der Waals surface area contributed by atoms with E-state index in [9.17, 15) is 19.2 Å². The fraction of sp³-hybridized carbons (Fsp3) is 0.750. The van der Waals surface area contributed by atoms with Gasteiger partial charge in [0.25, 0.3) is 0 Å². The topological polar surface area (TPSA) is 151 Å². The van der Waals surface area contributed by atoms with Gasteiger partial charge < -0.3 is 26.8 Å². The van der Waals surface area contributed by atoms with Crippen molar-refractivity contribution in [3.63, 3.8) is 0 Å². The number of carbonyl (C=O) groups is 4. The lowest BCUT2D eigenvalue weighted by Crippen LogP contribution is -2.53. The Labute approximate surface area is 148 Å². The third-order valence-corrected chi connectivity index (χ3v) is 3.98. The van der Waals surface area contributed by atoms with Crippen LogP contribution in [0.5, 0.6) is 0 Å². The van der Waals surface area contributed by atoms with Gasteiger partial charge in [0.2, 0.25) is 17.7 Å². The molecule has 0 saturated heterocycles. The van der Waals surface area contributed by atoms with Crippen LogP contribution in [0.25, 0.3) is 0 Å². The average molecular weight is 358 g/mol. The molecular formula is C16H30N4O5. The molecule has 3 amide bonds. The van der Waals surface area contributed by atoms with Gasteiger partial charge in [0.15, 0.2) is 0 Å². The third kappa shape index (κ3) is 7.97. The maximum Gasteiger partial charge on any atom is 0.326 e. The van der Waals surface area contributed by atoms with Crippen LogP contribution in [0.3, 0.4) is 0 Å². The van der Waals surface area contributed by atoms with Crippen LogP contribution in [0.1, 0.15) is 41.0 Å². The number of aliphatic carboxylic acids is 1. The number of rotatable bonds is 10. The average Bonchev–Trinajstić information content (AvgIpc) is 2.54. The number of hydrogen-bond donors (Lipinski definition) is 5. The van der Waals surface area contributed by atoms with Crippen LogP contribution in [0.4, 0.5) is 0 Å². The lowest BCUT2D eigenvalue weighted by atomic mass is 9.99. The molecule has 6 N–H and O–H groups in total. The SMILES string of the molecule is CC[C@H](C)[C@H](N)C(=O)N[C@@H](C)C(=O)NCC(=O)N[C@H](C(=O)O)C(C)C. The van der Waals surface area contributed by atoms with Gasteiger partial charge in [-0.15, -0.1) is 0 Å². The molecule has 0 aromatic carbocycles. The van der Waals surface area contributed by atoms with E-state index >= 15 is 0 Å². The zero-order chi connectivity index (χ0) is 19.7. The maximum absolute atomic E-state index is 11.9. The molecule has 9 nitrogen and oxygen atoms in total. The predicted octanol–water partition coefficient (Wildman–Crippen LogP) is -0.794. The van der Waals surface area contributed by atoms with Crippen molar-refractivity contribution in [3.8, 4) is 0 Å². The second kappa shape index (κ2) is 10.7. The summed E-state index contributed by atoms with van der Waals surface area (Å²) >= 11 is 0. The Kier molecular flexibility index (Phi) is 9.73. The number of carboxylic acids is 1. The summed E-state index contributed by atoms with van der Waals surface area (Å²) in [6.45, 7) is 8.17. The van der Waals surface area contributed by atoms with Crippen molar-refractivity contribution in [2.45, 2.75) is 59.2 Å². The Morgan fingerprint density at radius 1 is 1.00 bits per heavy atom. The summed E-state index contributed by atoms with van der Waals surface area (Å²) in [7, 11) is 0. The highest BCUT2D eigenvalue weighted by molar-refractivity contribution is 5.92. The zero-order valence-electron chi connectivity index (χ0n) is 15.5. The first kappa shape index (κ1) is 22.8. The summed E-state index contributed by atoms with van der Waals surface area (Å²) in [6.07, 6.45) is 0.732. The standard InChI is InChI=1S/C16H30N4O5/c1-6-9(4)12(17)15(23)19-10(5)14(22)18-7-11(21)20-13(8(2)3)16(24)25/h8-10,12-13H,6-7,17H2,1-5H3,(H,18,22)(H,19,23)(H,20,21)(H,24,25)/t9-,10-,12-,13-/m0/s1. The smallest absolute Gasteiger partial charge is 0.326 e. The van der Waals surface area contributed by atoms with E-state index in [1.165, 1.54) is 6.92 Å². The number of nitrogens with one attached hydrogen (secondary N) is 3. The lowest BCUT2D eigenvalue weighted by molar-refractivity contribution is -0.143. The highest BCUT2D eigenvalue weighted by Crippen LogP contribution is 2.05. The first-order chi connectivity index (χ1) is 11.5. The van der Waals surface area contributed by atoms with Crippen LogP contribution in [0.2, 0.25) is 0 Å². The van der Waals surface area contributed by atoms with Crippen molar-refractivity contribution in [1.29, 1.82) is 0 Å². The van der Waals surface area contributed by atoms with E-state index in [4.69, 9.17) is 10.8 Å². The van der Waals surface area contributed by atoms with E-state index in [0.717, 1.165) is 6.42 Å². The van der Waals surface area contributed by atoms with Crippen LogP contribution < -0.4 is 21.7 Å². The summed E-state index contributed by atoms with van der Waals surface area (Å²) in [4.78, 5) is 46.6. The van der Waals surface area contributed by atoms with Gasteiger partial charge in [-0.2, -0.15) is 0 Å². The van der Waals surface area contributed by atoms with Gasteiger partial charge in [-0.3, -0.25) is 14.4 Å². The molecule has 0 unspecified atom stereocenters. The molecule has 0 aliphatic rings. The minimum absolute atomic E-state index is 0.0231. The molecule has 25 heavy (non-hydrogen) atoms. The highest BCUT2D eigenvalue weighted by Gasteiger charge is 2.25. The van der Waals surface area contributed by atoms with Crippen molar-refractivity contribution in [3.05, 3.63) is 0 Å². The molecule has 144 valence electrons. The molecule has 4 atom stereocenters. The van der Waals surface area contributed by atoms with Gasteiger partial charge in [0, 0.05) is 0 Å². The van der Waals surface area contributed by atoms with Crippen LogP contribution in [0, 0.1) is 11.8 Å². The summed E-state index contributed by atoms with van der Waals surface area (Å²) in [5, 5.41) is 16.2. The molecule has 9 heteroatoms.